The van der Waals surface area contributed by atoms with E-state index in [9.17, 15) is 0 Å². The van der Waals surface area contributed by atoms with E-state index in [2.05, 4.69) is 16.4 Å². The van der Waals surface area contributed by atoms with Gasteiger partial charge in [-0.15, -0.1) is 11.3 Å². The van der Waals surface area contributed by atoms with Crippen molar-refractivity contribution in [3.8, 4) is 5.75 Å². The van der Waals surface area contributed by atoms with Crippen LogP contribution in [0, 0.1) is 0 Å². The summed E-state index contributed by atoms with van der Waals surface area (Å²) in [4.78, 5) is 4.57. The van der Waals surface area contributed by atoms with Crippen LogP contribution in [-0.4, -0.2) is 12.0 Å². The van der Waals surface area contributed by atoms with Crippen LogP contribution in [0.2, 0.25) is 5.02 Å². The van der Waals surface area contributed by atoms with Gasteiger partial charge in [0.2, 0.25) is 0 Å². The summed E-state index contributed by atoms with van der Waals surface area (Å²) in [7, 11) is 1.90. The number of hydrogen-bond donors (Lipinski definition) is 1. The fraction of sp³-hybridized carbons (Fsp3) is 0.188. The second kappa shape index (κ2) is 6.43. The standard InChI is InChI=1S/C16H15ClN2OS/c1-18-9-11-8-12(17)6-7-14(11)20-10-16-19-13-4-2-3-5-15(13)21-16/h2-8,18H,9-10H2,1H3. The fourth-order valence-corrected chi connectivity index (χ4v) is 3.21. The number of nitrogens with one attached hydrogen (secondary N) is 1. The smallest absolute Gasteiger partial charge is 0.140 e. The number of aromatic nitrogens is 1. The molecule has 0 bridgehead atoms. The van der Waals surface area contributed by atoms with Crippen molar-refractivity contribution in [1.82, 2.24) is 10.3 Å². The van der Waals surface area contributed by atoms with Crippen molar-refractivity contribution in [1.29, 1.82) is 0 Å². The lowest BCUT2D eigenvalue weighted by atomic mass is 10.2. The Bertz CT molecular complexity index is 724. The maximum absolute atomic E-state index is 6.03. The zero-order chi connectivity index (χ0) is 14.7. The van der Waals surface area contributed by atoms with Crippen LogP contribution in [0.15, 0.2) is 42.5 Å². The van der Waals surface area contributed by atoms with E-state index in [0.717, 1.165) is 28.4 Å². The first-order valence-corrected chi connectivity index (χ1v) is 7.86. The Morgan fingerprint density at radius 3 is 2.90 bits per heavy atom. The topological polar surface area (TPSA) is 34.1 Å². The molecule has 0 fully saturated rings. The van der Waals surface area contributed by atoms with Crippen molar-refractivity contribution in [2.24, 2.45) is 0 Å². The molecule has 0 aliphatic rings. The normalized spacial score (nSPS) is 11.0. The predicted octanol–water partition coefficient (Wildman–Crippen LogP) is 4.25. The number of ether oxygens (including phenoxy) is 1. The molecule has 0 radical (unpaired) electrons. The lowest BCUT2D eigenvalue weighted by molar-refractivity contribution is 0.302. The molecule has 1 heterocycles. The third kappa shape index (κ3) is 3.35. The maximum atomic E-state index is 6.03. The Labute approximate surface area is 132 Å². The second-order valence-corrected chi connectivity index (χ2v) is 6.20. The SMILES string of the molecule is CNCc1cc(Cl)ccc1OCc1nc2ccccc2s1. The molecule has 108 valence electrons. The highest BCUT2D eigenvalue weighted by Gasteiger charge is 2.07. The van der Waals surface area contributed by atoms with Gasteiger partial charge in [-0.25, -0.2) is 4.98 Å². The van der Waals surface area contributed by atoms with Crippen molar-refractivity contribution in [2.75, 3.05) is 7.05 Å². The van der Waals surface area contributed by atoms with Gasteiger partial charge >= 0.3 is 0 Å². The Kier molecular flexibility index (Phi) is 4.39. The van der Waals surface area contributed by atoms with Gasteiger partial charge in [0, 0.05) is 17.1 Å². The van der Waals surface area contributed by atoms with Gasteiger partial charge in [-0.1, -0.05) is 23.7 Å². The number of halogens is 1. The summed E-state index contributed by atoms with van der Waals surface area (Å²) in [6, 6.07) is 13.8. The number of nitrogens with zero attached hydrogens (tertiary/aromatic N) is 1. The van der Waals surface area contributed by atoms with E-state index >= 15 is 0 Å². The summed E-state index contributed by atoms with van der Waals surface area (Å²) < 4.78 is 7.09. The Hall–Kier alpha value is -1.62. The minimum absolute atomic E-state index is 0.470. The van der Waals surface area contributed by atoms with Crippen LogP contribution in [0.25, 0.3) is 10.2 Å². The molecule has 2 aromatic carbocycles. The van der Waals surface area contributed by atoms with E-state index in [1.54, 1.807) is 11.3 Å². The first-order valence-electron chi connectivity index (χ1n) is 6.66. The Morgan fingerprint density at radius 2 is 2.10 bits per heavy atom. The van der Waals surface area contributed by atoms with Gasteiger partial charge in [0.25, 0.3) is 0 Å². The molecule has 0 atom stereocenters. The number of rotatable bonds is 5. The predicted molar refractivity (Wildman–Crippen MR) is 88.2 cm³/mol. The molecule has 1 aromatic heterocycles. The summed E-state index contributed by atoms with van der Waals surface area (Å²) in [6.07, 6.45) is 0. The third-order valence-electron chi connectivity index (χ3n) is 3.08. The van der Waals surface area contributed by atoms with Crippen molar-refractivity contribution in [3.63, 3.8) is 0 Å². The number of benzene rings is 2. The molecule has 1 N–H and O–H groups in total. The van der Waals surface area contributed by atoms with Crippen molar-refractivity contribution < 1.29 is 4.74 Å². The molecule has 3 aromatic rings. The third-order valence-corrected chi connectivity index (χ3v) is 4.32. The molecule has 0 aliphatic carbocycles. The molecule has 3 rings (SSSR count). The van der Waals surface area contributed by atoms with E-state index in [1.807, 2.05) is 43.4 Å². The average Bonchev–Trinajstić information content (AvgIpc) is 2.89. The molecule has 0 unspecified atom stereocenters. The van der Waals surface area contributed by atoms with Crippen molar-refractivity contribution >= 4 is 33.2 Å². The van der Waals surface area contributed by atoms with E-state index in [0.29, 0.717) is 11.6 Å². The summed E-state index contributed by atoms with van der Waals surface area (Å²) in [5.41, 5.74) is 2.07. The van der Waals surface area contributed by atoms with Crippen molar-refractivity contribution in [2.45, 2.75) is 13.2 Å². The van der Waals surface area contributed by atoms with Gasteiger partial charge in [0.05, 0.1) is 10.2 Å². The van der Waals surface area contributed by atoms with E-state index in [4.69, 9.17) is 16.3 Å². The van der Waals surface area contributed by atoms with Gasteiger partial charge in [-0.2, -0.15) is 0 Å². The summed E-state index contributed by atoms with van der Waals surface area (Å²) in [6.45, 7) is 1.19. The highest BCUT2D eigenvalue weighted by Crippen LogP contribution is 2.26. The fourth-order valence-electron chi connectivity index (χ4n) is 2.14. The van der Waals surface area contributed by atoms with Crippen LogP contribution in [0.1, 0.15) is 10.6 Å². The number of para-hydroxylation sites is 1. The lowest BCUT2D eigenvalue weighted by Crippen LogP contribution is -2.07. The van der Waals surface area contributed by atoms with Crippen molar-refractivity contribution in [3.05, 3.63) is 58.1 Å². The van der Waals surface area contributed by atoms with E-state index in [1.165, 1.54) is 4.70 Å². The monoisotopic (exact) mass is 318 g/mol. The maximum Gasteiger partial charge on any atom is 0.140 e. The molecular formula is C16H15ClN2OS. The quantitative estimate of drug-likeness (QED) is 0.763. The minimum atomic E-state index is 0.470. The average molecular weight is 319 g/mol. The molecule has 0 spiro atoms. The Balaban J connectivity index is 1.77. The molecule has 3 nitrogen and oxygen atoms in total. The number of fused-ring (bicyclic) bond motifs is 1. The molecule has 0 aliphatic heterocycles. The van der Waals surface area contributed by atoms with Crippen LogP contribution in [0.5, 0.6) is 5.75 Å². The number of thiazole rings is 1. The number of hydrogen-bond acceptors (Lipinski definition) is 4. The Morgan fingerprint density at radius 1 is 1.24 bits per heavy atom. The lowest BCUT2D eigenvalue weighted by Gasteiger charge is -2.10. The van der Waals surface area contributed by atoms with Crippen LogP contribution in [0.3, 0.4) is 0 Å². The molecule has 5 heteroatoms. The molecule has 0 saturated carbocycles. The van der Waals surface area contributed by atoms with E-state index in [-0.39, 0.29) is 0 Å². The van der Waals surface area contributed by atoms with Gasteiger partial charge in [-0.3, -0.25) is 0 Å². The highest BCUT2D eigenvalue weighted by molar-refractivity contribution is 7.18. The van der Waals surface area contributed by atoms with Crippen LogP contribution < -0.4 is 10.1 Å². The van der Waals surface area contributed by atoms with Gasteiger partial charge in [-0.05, 0) is 37.4 Å². The molecular weight excluding hydrogens is 304 g/mol. The molecule has 21 heavy (non-hydrogen) atoms. The first kappa shape index (κ1) is 14.3. The van der Waals surface area contributed by atoms with Gasteiger partial charge in [0.1, 0.15) is 17.4 Å². The zero-order valence-electron chi connectivity index (χ0n) is 11.6. The second-order valence-electron chi connectivity index (χ2n) is 4.65. The van der Waals surface area contributed by atoms with Gasteiger partial charge in [0.15, 0.2) is 0 Å². The molecule has 0 saturated heterocycles. The first-order chi connectivity index (χ1) is 10.3. The zero-order valence-corrected chi connectivity index (χ0v) is 13.2. The van der Waals surface area contributed by atoms with E-state index < -0.39 is 0 Å². The molecule has 0 amide bonds. The van der Waals surface area contributed by atoms with Crippen LogP contribution in [0.4, 0.5) is 0 Å². The highest BCUT2D eigenvalue weighted by atomic mass is 35.5. The summed E-state index contributed by atoms with van der Waals surface area (Å²) in [5, 5.41) is 4.81. The van der Waals surface area contributed by atoms with Crippen LogP contribution >= 0.6 is 22.9 Å². The van der Waals surface area contributed by atoms with Gasteiger partial charge < -0.3 is 10.1 Å². The summed E-state index contributed by atoms with van der Waals surface area (Å²) >= 11 is 7.69. The summed E-state index contributed by atoms with van der Waals surface area (Å²) in [5.74, 6) is 0.841. The minimum Gasteiger partial charge on any atom is -0.486 e. The van der Waals surface area contributed by atoms with Crippen LogP contribution in [-0.2, 0) is 13.2 Å². The largest absolute Gasteiger partial charge is 0.486 e.